The summed E-state index contributed by atoms with van der Waals surface area (Å²) in [7, 11) is 0. The summed E-state index contributed by atoms with van der Waals surface area (Å²) in [4.78, 5) is 10.5. The second kappa shape index (κ2) is 4.82. The number of rotatable bonds is 3. The Labute approximate surface area is 87.8 Å². The lowest BCUT2D eigenvalue weighted by Crippen LogP contribution is -1.92. The van der Waals surface area contributed by atoms with Crippen LogP contribution in [0.1, 0.15) is 18.9 Å². The van der Waals surface area contributed by atoms with Gasteiger partial charge in [-0.1, -0.05) is 36.7 Å². The average Bonchev–Trinajstić information content (AvgIpc) is 2.15. The SMILES string of the molecule is CCC(=CC(=O)O)c1ccccc1Cl. The van der Waals surface area contributed by atoms with Crippen LogP contribution >= 0.6 is 11.6 Å². The summed E-state index contributed by atoms with van der Waals surface area (Å²) in [6.45, 7) is 1.90. The molecule has 0 aliphatic rings. The third kappa shape index (κ3) is 2.60. The first-order valence-electron chi connectivity index (χ1n) is 4.33. The van der Waals surface area contributed by atoms with Crippen LogP contribution in [0.4, 0.5) is 0 Å². The minimum atomic E-state index is -0.943. The summed E-state index contributed by atoms with van der Waals surface area (Å²) in [6, 6.07) is 7.23. The maximum atomic E-state index is 10.5. The van der Waals surface area contributed by atoms with E-state index in [1.165, 1.54) is 6.08 Å². The normalized spacial score (nSPS) is 11.4. The Morgan fingerprint density at radius 1 is 1.50 bits per heavy atom. The van der Waals surface area contributed by atoms with Gasteiger partial charge in [0.15, 0.2) is 0 Å². The molecule has 0 amide bonds. The molecule has 0 heterocycles. The maximum absolute atomic E-state index is 10.5. The first-order valence-corrected chi connectivity index (χ1v) is 4.71. The van der Waals surface area contributed by atoms with Crippen molar-refractivity contribution in [3.8, 4) is 0 Å². The minimum absolute atomic E-state index is 0.585. The lowest BCUT2D eigenvalue weighted by Gasteiger charge is -2.05. The zero-order valence-corrected chi connectivity index (χ0v) is 8.58. The highest BCUT2D eigenvalue weighted by Crippen LogP contribution is 2.25. The molecule has 0 saturated heterocycles. The zero-order chi connectivity index (χ0) is 10.6. The molecule has 0 spiro atoms. The Kier molecular flexibility index (Phi) is 3.72. The van der Waals surface area contributed by atoms with Crippen LogP contribution in [-0.4, -0.2) is 11.1 Å². The third-order valence-electron chi connectivity index (χ3n) is 1.90. The summed E-state index contributed by atoms with van der Waals surface area (Å²) in [5, 5.41) is 9.23. The van der Waals surface area contributed by atoms with Crippen LogP contribution < -0.4 is 0 Å². The fourth-order valence-electron chi connectivity index (χ4n) is 1.24. The molecule has 0 saturated carbocycles. The molecule has 3 heteroatoms. The topological polar surface area (TPSA) is 37.3 Å². The van der Waals surface area contributed by atoms with E-state index in [9.17, 15) is 4.79 Å². The molecular formula is C11H11ClO2. The van der Waals surface area contributed by atoms with Gasteiger partial charge in [0.1, 0.15) is 0 Å². The van der Waals surface area contributed by atoms with Crippen molar-refractivity contribution in [2.24, 2.45) is 0 Å². The molecule has 0 fully saturated rings. The van der Waals surface area contributed by atoms with Crippen LogP contribution in [-0.2, 0) is 4.79 Å². The fraction of sp³-hybridized carbons (Fsp3) is 0.182. The van der Waals surface area contributed by atoms with Gasteiger partial charge in [-0.2, -0.15) is 0 Å². The van der Waals surface area contributed by atoms with Crippen molar-refractivity contribution >= 4 is 23.1 Å². The van der Waals surface area contributed by atoms with E-state index in [1.807, 2.05) is 25.1 Å². The van der Waals surface area contributed by atoms with Gasteiger partial charge in [-0.3, -0.25) is 0 Å². The van der Waals surface area contributed by atoms with Crippen LogP contribution in [0.3, 0.4) is 0 Å². The van der Waals surface area contributed by atoms with Gasteiger partial charge in [0.2, 0.25) is 0 Å². The Morgan fingerprint density at radius 3 is 2.64 bits per heavy atom. The molecule has 1 aromatic rings. The van der Waals surface area contributed by atoms with Crippen molar-refractivity contribution in [2.45, 2.75) is 13.3 Å². The van der Waals surface area contributed by atoms with Crippen molar-refractivity contribution in [3.05, 3.63) is 40.9 Å². The highest BCUT2D eigenvalue weighted by Gasteiger charge is 2.05. The van der Waals surface area contributed by atoms with Crippen molar-refractivity contribution < 1.29 is 9.90 Å². The Hall–Kier alpha value is -1.28. The third-order valence-corrected chi connectivity index (χ3v) is 2.23. The van der Waals surface area contributed by atoms with Crippen LogP contribution in [0, 0.1) is 0 Å². The summed E-state index contributed by atoms with van der Waals surface area (Å²) in [6.07, 6.45) is 1.84. The van der Waals surface area contributed by atoms with Crippen LogP contribution in [0.2, 0.25) is 5.02 Å². The molecule has 1 rings (SSSR count). The molecule has 1 aromatic carbocycles. The van der Waals surface area contributed by atoms with Gasteiger partial charge < -0.3 is 5.11 Å². The quantitative estimate of drug-likeness (QED) is 0.778. The first kappa shape index (κ1) is 10.8. The van der Waals surface area contributed by atoms with E-state index >= 15 is 0 Å². The lowest BCUT2D eigenvalue weighted by molar-refractivity contribution is -0.131. The van der Waals surface area contributed by atoms with E-state index in [0.29, 0.717) is 11.4 Å². The summed E-state index contributed by atoms with van der Waals surface area (Å²) >= 11 is 5.95. The van der Waals surface area contributed by atoms with Gasteiger partial charge in [0.05, 0.1) is 0 Å². The molecule has 0 unspecified atom stereocenters. The van der Waals surface area contributed by atoms with Crippen LogP contribution in [0.5, 0.6) is 0 Å². The predicted molar refractivity (Wildman–Crippen MR) is 57.4 cm³/mol. The first-order chi connectivity index (χ1) is 6.65. The number of benzene rings is 1. The standard InChI is InChI=1S/C11H11ClO2/c1-2-8(7-11(13)14)9-5-3-4-6-10(9)12/h3-7H,2H2,1H3,(H,13,14). The van der Waals surface area contributed by atoms with Crippen molar-refractivity contribution in [1.29, 1.82) is 0 Å². The largest absolute Gasteiger partial charge is 0.478 e. The molecule has 0 aliphatic carbocycles. The molecule has 0 bridgehead atoms. The van der Waals surface area contributed by atoms with Crippen LogP contribution in [0.25, 0.3) is 5.57 Å². The van der Waals surface area contributed by atoms with Crippen LogP contribution in [0.15, 0.2) is 30.3 Å². The van der Waals surface area contributed by atoms with Gasteiger partial charge in [0, 0.05) is 11.1 Å². The zero-order valence-electron chi connectivity index (χ0n) is 7.83. The van der Waals surface area contributed by atoms with Crippen molar-refractivity contribution in [3.63, 3.8) is 0 Å². The van der Waals surface area contributed by atoms with E-state index in [2.05, 4.69) is 0 Å². The predicted octanol–water partition coefficient (Wildman–Crippen LogP) is 3.22. The Balaban J connectivity index is 3.13. The molecule has 0 atom stereocenters. The number of carboxylic acids is 1. The molecule has 0 aliphatic heterocycles. The van der Waals surface area contributed by atoms with Crippen molar-refractivity contribution in [2.75, 3.05) is 0 Å². The number of carboxylic acid groups (broad SMARTS) is 1. The molecule has 0 aromatic heterocycles. The average molecular weight is 211 g/mol. The number of allylic oxidation sites excluding steroid dienone is 1. The smallest absolute Gasteiger partial charge is 0.328 e. The molecule has 14 heavy (non-hydrogen) atoms. The second-order valence-electron chi connectivity index (χ2n) is 2.84. The van der Waals surface area contributed by atoms with Crippen molar-refractivity contribution in [1.82, 2.24) is 0 Å². The Morgan fingerprint density at radius 2 is 2.14 bits per heavy atom. The summed E-state index contributed by atoms with van der Waals surface area (Å²) in [5.41, 5.74) is 1.53. The van der Waals surface area contributed by atoms with Gasteiger partial charge in [-0.25, -0.2) is 4.79 Å². The van der Waals surface area contributed by atoms with E-state index in [-0.39, 0.29) is 0 Å². The second-order valence-corrected chi connectivity index (χ2v) is 3.25. The minimum Gasteiger partial charge on any atom is -0.478 e. The van der Waals surface area contributed by atoms with E-state index < -0.39 is 5.97 Å². The van der Waals surface area contributed by atoms with Gasteiger partial charge in [0.25, 0.3) is 0 Å². The van der Waals surface area contributed by atoms with Gasteiger partial charge in [-0.05, 0) is 23.6 Å². The summed E-state index contributed by atoms with van der Waals surface area (Å²) < 4.78 is 0. The van der Waals surface area contributed by atoms with E-state index in [4.69, 9.17) is 16.7 Å². The highest BCUT2D eigenvalue weighted by molar-refractivity contribution is 6.32. The lowest BCUT2D eigenvalue weighted by atomic mass is 10.0. The molecular weight excluding hydrogens is 200 g/mol. The number of hydrogen-bond donors (Lipinski definition) is 1. The fourth-order valence-corrected chi connectivity index (χ4v) is 1.50. The molecule has 1 N–H and O–H groups in total. The van der Waals surface area contributed by atoms with Gasteiger partial charge >= 0.3 is 5.97 Å². The highest BCUT2D eigenvalue weighted by atomic mass is 35.5. The number of carbonyl (C=O) groups is 1. The molecule has 0 radical (unpaired) electrons. The van der Waals surface area contributed by atoms with Gasteiger partial charge in [-0.15, -0.1) is 0 Å². The monoisotopic (exact) mass is 210 g/mol. The maximum Gasteiger partial charge on any atom is 0.328 e. The number of halogens is 1. The van der Waals surface area contributed by atoms with E-state index in [1.54, 1.807) is 6.07 Å². The number of aliphatic carboxylic acids is 1. The molecule has 74 valence electrons. The van der Waals surface area contributed by atoms with E-state index in [0.717, 1.165) is 11.1 Å². The summed E-state index contributed by atoms with van der Waals surface area (Å²) in [5.74, 6) is -0.943. The number of hydrogen-bond acceptors (Lipinski definition) is 1. The molecule has 2 nitrogen and oxygen atoms in total. The Bertz CT molecular complexity index is 369.